The SMILES string of the molecule is Cc1cccc2cc3c(nc12)OCCN(Cc1ccco1)C3. The predicted molar refractivity (Wildman–Crippen MR) is 84.8 cm³/mol. The van der Waals surface area contributed by atoms with E-state index in [1.54, 1.807) is 6.26 Å². The lowest BCUT2D eigenvalue weighted by Gasteiger charge is -2.17. The van der Waals surface area contributed by atoms with E-state index >= 15 is 0 Å². The highest BCUT2D eigenvalue weighted by molar-refractivity contribution is 5.83. The Morgan fingerprint density at radius 1 is 1.23 bits per heavy atom. The van der Waals surface area contributed by atoms with Crippen LogP contribution in [0.4, 0.5) is 0 Å². The largest absolute Gasteiger partial charge is 0.476 e. The molecule has 4 heteroatoms. The van der Waals surface area contributed by atoms with Gasteiger partial charge in [0.1, 0.15) is 12.4 Å². The first-order valence-corrected chi connectivity index (χ1v) is 7.56. The number of fused-ring (bicyclic) bond motifs is 2. The summed E-state index contributed by atoms with van der Waals surface area (Å²) < 4.78 is 11.3. The number of para-hydroxylation sites is 1. The van der Waals surface area contributed by atoms with Crippen LogP contribution in [0, 0.1) is 6.92 Å². The van der Waals surface area contributed by atoms with E-state index in [0.29, 0.717) is 6.61 Å². The van der Waals surface area contributed by atoms with Gasteiger partial charge in [0.25, 0.3) is 0 Å². The molecule has 112 valence electrons. The third kappa shape index (κ3) is 2.46. The fourth-order valence-corrected chi connectivity index (χ4v) is 2.96. The van der Waals surface area contributed by atoms with Gasteiger partial charge in [0.15, 0.2) is 0 Å². The Balaban J connectivity index is 1.68. The molecule has 4 nitrogen and oxygen atoms in total. The molecule has 1 aliphatic rings. The Hall–Kier alpha value is -2.33. The van der Waals surface area contributed by atoms with Crippen molar-refractivity contribution in [3.05, 3.63) is 59.5 Å². The average Bonchev–Trinajstić information content (AvgIpc) is 2.93. The number of hydrogen-bond acceptors (Lipinski definition) is 4. The van der Waals surface area contributed by atoms with E-state index < -0.39 is 0 Å². The van der Waals surface area contributed by atoms with Gasteiger partial charge in [0.2, 0.25) is 5.88 Å². The molecule has 0 amide bonds. The maximum absolute atomic E-state index is 5.88. The summed E-state index contributed by atoms with van der Waals surface area (Å²) in [6.07, 6.45) is 1.72. The minimum Gasteiger partial charge on any atom is -0.476 e. The highest BCUT2D eigenvalue weighted by Crippen LogP contribution is 2.27. The van der Waals surface area contributed by atoms with Gasteiger partial charge in [-0.25, -0.2) is 4.98 Å². The Morgan fingerprint density at radius 3 is 3.05 bits per heavy atom. The van der Waals surface area contributed by atoms with Crippen LogP contribution in [0.3, 0.4) is 0 Å². The molecule has 1 aliphatic heterocycles. The van der Waals surface area contributed by atoms with Crippen LogP contribution >= 0.6 is 0 Å². The molecule has 4 rings (SSSR count). The number of benzene rings is 1. The second-order valence-corrected chi connectivity index (χ2v) is 5.74. The Kier molecular flexibility index (Phi) is 3.31. The van der Waals surface area contributed by atoms with Crippen LogP contribution in [0.15, 0.2) is 47.1 Å². The van der Waals surface area contributed by atoms with Crippen molar-refractivity contribution in [3.8, 4) is 5.88 Å². The van der Waals surface area contributed by atoms with Gasteiger partial charge in [0.05, 0.1) is 18.3 Å². The highest BCUT2D eigenvalue weighted by Gasteiger charge is 2.18. The van der Waals surface area contributed by atoms with Crippen LogP contribution in [0.5, 0.6) is 5.88 Å². The lowest BCUT2D eigenvalue weighted by molar-refractivity contribution is 0.205. The zero-order chi connectivity index (χ0) is 14.9. The summed E-state index contributed by atoms with van der Waals surface area (Å²) in [5.41, 5.74) is 3.35. The molecule has 3 aromatic rings. The van der Waals surface area contributed by atoms with Crippen molar-refractivity contribution in [2.24, 2.45) is 0 Å². The van der Waals surface area contributed by atoms with Crippen molar-refractivity contribution >= 4 is 10.9 Å². The van der Waals surface area contributed by atoms with E-state index in [2.05, 4.69) is 36.1 Å². The summed E-state index contributed by atoms with van der Waals surface area (Å²) in [6.45, 7) is 5.22. The fourth-order valence-electron chi connectivity index (χ4n) is 2.96. The number of pyridine rings is 1. The summed E-state index contributed by atoms with van der Waals surface area (Å²) >= 11 is 0. The number of aromatic nitrogens is 1. The number of furan rings is 1. The summed E-state index contributed by atoms with van der Waals surface area (Å²) in [6, 6.07) is 12.4. The van der Waals surface area contributed by atoms with Gasteiger partial charge in [-0.3, -0.25) is 4.90 Å². The Labute approximate surface area is 129 Å². The average molecular weight is 294 g/mol. The molecule has 2 aromatic heterocycles. The zero-order valence-electron chi connectivity index (χ0n) is 12.6. The molecule has 0 N–H and O–H groups in total. The van der Waals surface area contributed by atoms with E-state index in [9.17, 15) is 0 Å². The van der Waals surface area contributed by atoms with Gasteiger partial charge in [-0.15, -0.1) is 0 Å². The molecule has 0 radical (unpaired) electrons. The van der Waals surface area contributed by atoms with Gasteiger partial charge in [0, 0.05) is 24.0 Å². The molecule has 1 aromatic carbocycles. The van der Waals surface area contributed by atoms with E-state index in [0.717, 1.165) is 42.4 Å². The number of ether oxygens (including phenoxy) is 1. The molecule has 0 spiro atoms. The number of rotatable bonds is 2. The van der Waals surface area contributed by atoms with Crippen LogP contribution in [-0.4, -0.2) is 23.0 Å². The molecule has 0 fully saturated rings. The first kappa shape index (κ1) is 13.3. The molecule has 0 bridgehead atoms. The number of nitrogens with zero attached hydrogens (tertiary/aromatic N) is 2. The molecule has 0 atom stereocenters. The first-order chi connectivity index (χ1) is 10.8. The van der Waals surface area contributed by atoms with Crippen LogP contribution in [0.1, 0.15) is 16.9 Å². The van der Waals surface area contributed by atoms with Crippen molar-refractivity contribution in [2.75, 3.05) is 13.2 Å². The van der Waals surface area contributed by atoms with Gasteiger partial charge in [-0.05, 0) is 30.7 Å². The van der Waals surface area contributed by atoms with Gasteiger partial charge in [-0.2, -0.15) is 0 Å². The third-order valence-electron chi connectivity index (χ3n) is 4.09. The van der Waals surface area contributed by atoms with Gasteiger partial charge >= 0.3 is 0 Å². The number of aryl methyl sites for hydroxylation is 1. The van der Waals surface area contributed by atoms with E-state index in [-0.39, 0.29) is 0 Å². The molecule has 3 heterocycles. The van der Waals surface area contributed by atoms with Gasteiger partial charge < -0.3 is 9.15 Å². The van der Waals surface area contributed by atoms with E-state index in [1.807, 2.05) is 12.1 Å². The molecule has 0 aliphatic carbocycles. The molecule has 0 saturated heterocycles. The molecular formula is C18H18N2O2. The second kappa shape index (κ2) is 5.46. The van der Waals surface area contributed by atoms with Crippen LogP contribution < -0.4 is 4.74 Å². The maximum Gasteiger partial charge on any atom is 0.218 e. The van der Waals surface area contributed by atoms with Crippen LogP contribution in [0.25, 0.3) is 10.9 Å². The third-order valence-corrected chi connectivity index (χ3v) is 4.09. The Bertz CT molecular complexity index is 796. The van der Waals surface area contributed by atoms with Crippen molar-refractivity contribution in [2.45, 2.75) is 20.0 Å². The molecule has 22 heavy (non-hydrogen) atoms. The zero-order valence-corrected chi connectivity index (χ0v) is 12.6. The molecule has 0 unspecified atom stereocenters. The fraction of sp³-hybridized carbons (Fsp3) is 0.278. The summed E-state index contributed by atoms with van der Waals surface area (Å²) in [4.78, 5) is 7.06. The first-order valence-electron chi connectivity index (χ1n) is 7.56. The maximum atomic E-state index is 5.88. The standard InChI is InChI=1S/C18H18N2O2/c1-13-4-2-5-14-10-15-11-20(12-16-6-3-8-21-16)7-9-22-18(15)19-17(13)14/h2-6,8,10H,7,9,11-12H2,1H3. The van der Waals surface area contributed by atoms with E-state index in [1.165, 1.54) is 10.9 Å². The quantitative estimate of drug-likeness (QED) is 0.724. The second-order valence-electron chi connectivity index (χ2n) is 5.74. The monoisotopic (exact) mass is 294 g/mol. The highest BCUT2D eigenvalue weighted by atomic mass is 16.5. The minimum atomic E-state index is 0.651. The van der Waals surface area contributed by atoms with Crippen molar-refractivity contribution in [1.29, 1.82) is 0 Å². The van der Waals surface area contributed by atoms with Crippen LogP contribution in [0.2, 0.25) is 0 Å². The van der Waals surface area contributed by atoms with Gasteiger partial charge in [-0.1, -0.05) is 18.2 Å². The topological polar surface area (TPSA) is 38.5 Å². The minimum absolute atomic E-state index is 0.651. The van der Waals surface area contributed by atoms with Crippen LogP contribution in [-0.2, 0) is 13.1 Å². The lowest BCUT2D eigenvalue weighted by atomic mass is 10.1. The predicted octanol–water partition coefficient (Wildman–Crippen LogP) is 3.53. The molecular weight excluding hydrogens is 276 g/mol. The van der Waals surface area contributed by atoms with Crippen molar-refractivity contribution in [3.63, 3.8) is 0 Å². The summed E-state index contributed by atoms with van der Waals surface area (Å²) in [7, 11) is 0. The summed E-state index contributed by atoms with van der Waals surface area (Å²) in [5, 5.41) is 1.17. The molecule has 0 saturated carbocycles. The van der Waals surface area contributed by atoms with Crippen molar-refractivity contribution in [1.82, 2.24) is 9.88 Å². The van der Waals surface area contributed by atoms with E-state index in [4.69, 9.17) is 14.1 Å². The number of hydrogen-bond donors (Lipinski definition) is 0. The summed E-state index contributed by atoms with van der Waals surface area (Å²) in [5.74, 6) is 1.75. The normalized spacial score (nSPS) is 15.3. The lowest BCUT2D eigenvalue weighted by Crippen LogP contribution is -2.24. The smallest absolute Gasteiger partial charge is 0.218 e. The Morgan fingerprint density at radius 2 is 2.18 bits per heavy atom. The van der Waals surface area contributed by atoms with Crippen molar-refractivity contribution < 1.29 is 9.15 Å².